The van der Waals surface area contributed by atoms with Crippen molar-refractivity contribution < 1.29 is 12.8 Å². The van der Waals surface area contributed by atoms with Gasteiger partial charge in [0.15, 0.2) is 0 Å². The van der Waals surface area contributed by atoms with E-state index in [-0.39, 0.29) is 4.90 Å². The van der Waals surface area contributed by atoms with E-state index in [2.05, 4.69) is 27.3 Å². The summed E-state index contributed by atoms with van der Waals surface area (Å²) in [4.78, 5) is 0.200. The van der Waals surface area contributed by atoms with Gasteiger partial charge in [-0.25, -0.2) is 17.5 Å². The predicted molar refractivity (Wildman–Crippen MR) is 88.4 cm³/mol. The average molecular weight is 413 g/mol. The Kier molecular flexibility index (Phi) is 7.39. The van der Waals surface area contributed by atoms with Crippen molar-refractivity contribution in [2.45, 2.75) is 44.4 Å². The molecule has 0 saturated carbocycles. The molecule has 1 N–H and O–H groups in total. The van der Waals surface area contributed by atoms with Crippen LogP contribution in [0.4, 0.5) is 4.39 Å². The van der Waals surface area contributed by atoms with Crippen molar-refractivity contribution in [1.82, 2.24) is 4.72 Å². The minimum Gasteiger partial charge on any atom is -0.211 e. The van der Waals surface area contributed by atoms with Crippen LogP contribution in [-0.4, -0.2) is 19.4 Å². The largest absolute Gasteiger partial charge is 0.241 e. The molecule has 0 aliphatic rings. The van der Waals surface area contributed by atoms with Crippen LogP contribution < -0.4 is 4.72 Å². The first-order valence-corrected chi connectivity index (χ1v) is 9.71. The summed E-state index contributed by atoms with van der Waals surface area (Å²) in [7, 11) is -3.55. The van der Waals surface area contributed by atoms with E-state index >= 15 is 0 Å². The van der Waals surface area contributed by atoms with Crippen LogP contribution in [0.1, 0.15) is 36.8 Å². The number of sulfonamides is 1. The molecule has 0 bridgehead atoms. The second-order valence-corrected chi connectivity index (χ2v) is 7.65. The van der Waals surface area contributed by atoms with Crippen LogP contribution >= 0.6 is 22.6 Å². The van der Waals surface area contributed by atoms with Crippen LogP contribution in [0.2, 0.25) is 0 Å². The molecule has 0 aromatic heterocycles. The van der Waals surface area contributed by atoms with E-state index in [1.165, 1.54) is 18.6 Å². The lowest BCUT2D eigenvalue weighted by Crippen LogP contribution is -2.26. The third-order valence-electron chi connectivity index (χ3n) is 3.05. The highest BCUT2D eigenvalue weighted by atomic mass is 127. The van der Waals surface area contributed by atoms with Gasteiger partial charge in [0, 0.05) is 6.54 Å². The number of aryl methyl sites for hydroxylation is 2. The standard InChI is InChI=1S/C14H21FINO2S/c1-11-9-13(15)10-12(2)14(11)20(18,19)17-8-6-4-3-5-7-16/h9-10,17H,3-8H2,1-2H3. The lowest BCUT2D eigenvalue weighted by atomic mass is 10.1. The smallest absolute Gasteiger partial charge is 0.211 e. The first-order chi connectivity index (χ1) is 9.38. The molecule has 3 nitrogen and oxygen atoms in total. The molecule has 0 fully saturated rings. The highest BCUT2D eigenvalue weighted by Crippen LogP contribution is 2.21. The zero-order chi connectivity index (χ0) is 15.2. The van der Waals surface area contributed by atoms with Gasteiger partial charge in [0.25, 0.3) is 0 Å². The molecule has 1 aromatic carbocycles. The molecule has 0 radical (unpaired) electrons. The minimum atomic E-state index is -3.55. The van der Waals surface area contributed by atoms with E-state index in [0.717, 1.165) is 23.7 Å². The number of hydrogen-bond acceptors (Lipinski definition) is 2. The monoisotopic (exact) mass is 413 g/mol. The van der Waals surface area contributed by atoms with Crippen LogP contribution in [0, 0.1) is 19.7 Å². The molecule has 1 rings (SSSR count). The molecule has 114 valence electrons. The van der Waals surface area contributed by atoms with Crippen molar-refractivity contribution >= 4 is 32.6 Å². The van der Waals surface area contributed by atoms with E-state index in [1.807, 2.05) is 0 Å². The fourth-order valence-electron chi connectivity index (χ4n) is 2.17. The molecule has 0 atom stereocenters. The summed E-state index contributed by atoms with van der Waals surface area (Å²) in [6.45, 7) is 3.66. The fourth-order valence-corrected chi connectivity index (χ4v) is 4.24. The number of hydrogen-bond donors (Lipinski definition) is 1. The van der Waals surface area contributed by atoms with Gasteiger partial charge in [-0.15, -0.1) is 0 Å². The third-order valence-corrected chi connectivity index (χ3v) is 5.57. The van der Waals surface area contributed by atoms with Crippen molar-refractivity contribution in [2.75, 3.05) is 11.0 Å². The molecule has 20 heavy (non-hydrogen) atoms. The Balaban J connectivity index is 2.66. The van der Waals surface area contributed by atoms with Crippen molar-refractivity contribution in [2.24, 2.45) is 0 Å². The lowest BCUT2D eigenvalue weighted by molar-refractivity contribution is 0.571. The Hall–Kier alpha value is -0.210. The summed E-state index contributed by atoms with van der Waals surface area (Å²) in [6.07, 6.45) is 4.14. The quantitative estimate of drug-likeness (QED) is 0.401. The second-order valence-electron chi connectivity index (χ2n) is 4.87. The summed E-state index contributed by atoms with van der Waals surface area (Å²) < 4.78 is 41.4. The van der Waals surface area contributed by atoms with Crippen molar-refractivity contribution in [3.63, 3.8) is 0 Å². The van der Waals surface area contributed by atoms with Crippen molar-refractivity contribution in [1.29, 1.82) is 0 Å². The molecular weight excluding hydrogens is 392 g/mol. The van der Waals surface area contributed by atoms with Crippen molar-refractivity contribution in [3.05, 3.63) is 29.1 Å². The zero-order valence-corrected chi connectivity index (χ0v) is 14.9. The molecule has 6 heteroatoms. The van der Waals surface area contributed by atoms with Gasteiger partial charge in [-0.3, -0.25) is 0 Å². The summed E-state index contributed by atoms with van der Waals surface area (Å²) in [5.41, 5.74) is 0.889. The molecule has 1 aromatic rings. The topological polar surface area (TPSA) is 46.2 Å². The van der Waals surface area contributed by atoms with Gasteiger partial charge in [0.05, 0.1) is 4.90 Å². The number of unbranched alkanes of at least 4 members (excludes halogenated alkanes) is 3. The first-order valence-electron chi connectivity index (χ1n) is 6.71. The molecule has 0 unspecified atom stereocenters. The Bertz CT molecular complexity index is 523. The van der Waals surface area contributed by atoms with E-state index in [1.54, 1.807) is 13.8 Å². The third kappa shape index (κ3) is 5.29. The molecule has 0 spiro atoms. The number of benzene rings is 1. The second kappa shape index (κ2) is 8.29. The molecule has 0 amide bonds. The summed E-state index contributed by atoms with van der Waals surface area (Å²) in [6, 6.07) is 2.50. The maximum absolute atomic E-state index is 13.2. The maximum atomic E-state index is 13.2. The number of halogens is 2. The average Bonchev–Trinajstić information content (AvgIpc) is 2.31. The predicted octanol–water partition coefficient (Wildman–Crippen LogP) is 3.72. The SMILES string of the molecule is Cc1cc(F)cc(C)c1S(=O)(=O)NCCCCCCI. The van der Waals surface area contributed by atoms with E-state index in [9.17, 15) is 12.8 Å². The highest BCUT2D eigenvalue weighted by molar-refractivity contribution is 14.1. The maximum Gasteiger partial charge on any atom is 0.241 e. The fraction of sp³-hybridized carbons (Fsp3) is 0.571. The van der Waals surface area contributed by atoms with Crippen LogP contribution in [0.3, 0.4) is 0 Å². The normalized spacial score (nSPS) is 11.8. The van der Waals surface area contributed by atoms with Gasteiger partial charge in [-0.1, -0.05) is 35.4 Å². The molecular formula is C14H21FINO2S. The summed E-state index contributed by atoms with van der Waals surface area (Å²) >= 11 is 2.34. The molecule has 0 saturated heterocycles. The van der Waals surface area contributed by atoms with Gasteiger partial charge in [0.1, 0.15) is 5.82 Å². The number of alkyl halides is 1. The van der Waals surface area contributed by atoms with Gasteiger partial charge in [-0.05, 0) is 54.4 Å². The van der Waals surface area contributed by atoms with E-state index in [4.69, 9.17) is 0 Å². The molecule has 0 aliphatic carbocycles. The van der Waals surface area contributed by atoms with Gasteiger partial charge in [0.2, 0.25) is 10.0 Å². The Labute approximate surface area is 134 Å². The molecule has 0 heterocycles. The first kappa shape index (κ1) is 17.8. The Morgan fingerprint density at radius 2 is 1.65 bits per heavy atom. The number of nitrogens with one attached hydrogen (secondary N) is 1. The minimum absolute atomic E-state index is 0.200. The van der Waals surface area contributed by atoms with Crippen LogP contribution in [0.25, 0.3) is 0 Å². The zero-order valence-electron chi connectivity index (χ0n) is 11.9. The van der Waals surface area contributed by atoms with Crippen LogP contribution in [0.15, 0.2) is 17.0 Å². The Morgan fingerprint density at radius 3 is 2.20 bits per heavy atom. The summed E-state index contributed by atoms with van der Waals surface area (Å²) in [5, 5.41) is 0. The van der Waals surface area contributed by atoms with Gasteiger partial charge < -0.3 is 0 Å². The Morgan fingerprint density at radius 1 is 1.10 bits per heavy atom. The van der Waals surface area contributed by atoms with Crippen molar-refractivity contribution in [3.8, 4) is 0 Å². The van der Waals surface area contributed by atoms with E-state index < -0.39 is 15.8 Å². The molecule has 0 aliphatic heterocycles. The van der Waals surface area contributed by atoms with Crippen LogP contribution in [-0.2, 0) is 10.0 Å². The number of rotatable bonds is 8. The van der Waals surface area contributed by atoms with Gasteiger partial charge in [-0.2, -0.15) is 0 Å². The lowest BCUT2D eigenvalue weighted by Gasteiger charge is -2.12. The van der Waals surface area contributed by atoms with Crippen LogP contribution in [0.5, 0.6) is 0 Å². The van der Waals surface area contributed by atoms with Gasteiger partial charge >= 0.3 is 0 Å². The highest BCUT2D eigenvalue weighted by Gasteiger charge is 2.19. The summed E-state index contributed by atoms with van der Waals surface area (Å²) in [5.74, 6) is -0.405. The van der Waals surface area contributed by atoms with E-state index in [0.29, 0.717) is 17.7 Å².